The first kappa shape index (κ1) is 13.4. The molecule has 1 saturated heterocycles. The average Bonchev–Trinajstić information content (AvgIpc) is 2.49. The molecule has 2 aromatic rings. The van der Waals surface area contributed by atoms with Crippen LogP contribution in [-0.4, -0.2) is 31.1 Å². The fourth-order valence-electron chi connectivity index (χ4n) is 3.01. The monoisotopic (exact) mass is 268 g/mol. The highest BCUT2D eigenvalue weighted by Crippen LogP contribution is 2.22. The minimum absolute atomic E-state index is 0.914. The second-order valence-corrected chi connectivity index (χ2v) is 5.98. The summed E-state index contributed by atoms with van der Waals surface area (Å²) in [5, 5.41) is 6.24. The summed E-state index contributed by atoms with van der Waals surface area (Å²) in [5.41, 5.74) is 1.26. The summed E-state index contributed by atoms with van der Waals surface area (Å²) in [4.78, 5) is 2.58. The van der Waals surface area contributed by atoms with Gasteiger partial charge in [-0.25, -0.2) is 0 Å². The van der Waals surface area contributed by atoms with Crippen molar-refractivity contribution in [2.24, 2.45) is 5.92 Å². The van der Waals surface area contributed by atoms with E-state index in [1.165, 1.54) is 42.4 Å². The van der Waals surface area contributed by atoms with Gasteiger partial charge in [-0.3, -0.25) is 0 Å². The molecule has 1 aliphatic heterocycles. The molecule has 0 spiro atoms. The maximum Gasteiger partial charge on any atom is 0.0420 e. The molecule has 0 unspecified atom stereocenters. The van der Waals surface area contributed by atoms with Gasteiger partial charge in [-0.1, -0.05) is 43.3 Å². The lowest BCUT2D eigenvalue weighted by Gasteiger charge is -2.30. The molecular formula is C18H24N2. The largest absolute Gasteiger partial charge is 0.383 e. The van der Waals surface area contributed by atoms with Crippen molar-refractivity contribution in [1.29, 1.82) is 0 Å². The Morgan fingerprint density at radius 3 is 2.65 bits per heavy atom. The Morgan fingerprint density at radius 2 is 1.80 bits per heavy atom. The zero-order chi connectivity index (χ0) is 13.8. The van der Waals surface area contributed by atoms with Crippen LogP contribution < -0.4 is 5.32 Å². The minimum atomic E-state index is 0.914. The van der Waals surface area contributed by atoms with E-state index in [-0.39, 0.29) is 0 Å². The first-order valence-corrected chi connectivity index (χ1v) is 7.77. The van der Waals surface area contributed by atoms with Crippen molar-refractivity contribution in [1.82, 2.24) is 4.90 Å². The topological polar surface area (TPSA) is 15.3 Å². The van der Waals surface area contributed by atoms with Gasteiger partial charge in [0.15, 0.2) is 0 Å². The molecule has 1 N–H and O–H groups in total. The van der Waals surface area contributed by atoms with Crippen LogP contribution in [0.25, 0.3) is 10.8 Å². The van der Waals surface area contributed by atoms with E-state index in [1.807, 2.05) is 0 Å². The number of likely N-dealkylation sites (tertiary alicyclic amines) is 1. The second kappa shape index (κ2) is 6.27. The quantitative estimate of drug-likeness (QED) is 0.902. The molecule has 0 amide bonds. The number of anilines is 1. The molecule has 0 bridgehead atoms. The zero-order valence-electron chi connectivity index (χ0n) is 12.3. The molecule has 0 atom stereocenters. The van der Waals surface area contributed by atoms with Gasteiger partial charge in [-0.2, -0.15) is 0 Å². The summed E-state index contributed by atoms with van der Waals surface area (Å²) in [5.74, 6) is 0.914. The lowest BCUT2D eigenvalue weighted by molar-refractivity contribution is 0.199. The highest BCUT2D eigenvalue weighted by atomic mass is 15.1. The van der Waals surface area contributed by atoms with Crippen LogP contribution in [0.2, 0.25) is 0 Å². The molecule has 0 aliphatic carbocycles. The van der Waals surface area contributed by atoms with Gasteiger partial charge >= 0.3 is 0 Å². The predicted octanol–water partition coefficient (Wildman–Crippen LogP) is 3.98. The molecule has 2 aromatic carbocycles. The molecule has 1 heterocycles. The Hall–Kier alpha value is -1.54. The number of fused-ring (bicyclic) bond motifs is 1. The van der Waals surface area contributed by atoms with E-state index < -0.39 is 0 Å². The highest BCUT2D eigenvalue weighted by Gasteiger charge is 2.14. The van der Waals surface area contributed by atoms with Crippen LogP contribution in [0.4, 0.5) is 5.69 Å². The van der Waals surface area contributed by atoms with E-state index in [2.05, 4.69) is 59.6 Å². The maximum absolute atomic E-state index is 3.60. The van der Waals surface area contributed by atoms with Crippen molar-refractivity contribution in [2.45, 2.75) is 19.8 Å². The molecule has 1 aliphatic rings. The van der Waals surface area contributed by atoms with E-state index in [9.17, 15) is 0 Å². The van der Waals surface area contributed by atoms with Crippen molar-refractivity contribution < 1.29 is 0 Å². The first-order valence-electron chi connectivity index (χ1n) is 7.77. The average molecular weight is 268 g/mol. The van der Waals surface area contributed by atoms with Crippen molar-refractivity contribution in [2.75, 3.05) is 31.5 Å². The first-order chi connectivity index (χ1) is 9.83. The van der Waals surface area contributed by atoms with Gasteiger partial charge in [-0.05, 0) is 43.3 Å². The number of rotatable bonds is 4. The maximum atomic E-state index is 3.60. The van der Waals surface area contributed by atoms with Gasteiger partial charge < -0.3 is 10.2 Å². The van der Waals surface area contributed by atoms with Gasteiger partial charge in [0.1, 0.15) is 0 Å². The van der Waals surface area contributed by atoms with Crippen LogP contribution in [0.15, 0.2) is 42.5 Å². The summed E-state index contributed by atoms with van der Waals surface area (Å²) in [6.45, 7) is 7.07. The van der Waals surface area contributed by atoms with Gasteiger partial charge in [-0.15, -0.1) is 0 Å². The van der Waals surface area contributed by atoms with Crippen molar-refractivity contribution in [3.8, 4) is 0 Å². The Morgan fingerprint density at radius 1 is 1.05 bits per heavy atom. The minimum Gasteiger partial charge on any atom is -0.383 e. The Labute approximate surface area is 121 Å². The molecule has 2 heteroatoms. The molecule has 0 radical (unpaired) electrons. The number of benzene rings is 2. The smallest absolute Gasteiger partial charge is 0.0420 e. The van der Waals surface area contributed by atoms with Gasteiger partial charge in [0.25, 0.3) is 0 Å². The van der Waals surface area contributed by atoms with Crippen LogP contribution >= 0.6 is 0 Å². The van der Waals surface area contributed by atoms with Crippen molar-refractivity contribution >= 4 is 16.5 Å². The summed E-state index contributed by atoms with van der Waals surface area (Å²) >= 11 is 0. The standard InChI is InChI=1S/C18H24N2/c1-15-9-12-20(13-10-15)14-11-19-18-8-4-6-16-5-2-3-7-17(16)18/h2-8,15,19H,9-14H2,1H3. The number of piperidine rings is 1. The number of nitrogens with zero attached hydrogens (tertiary/aromatic N) is 1. The molecule has 1 fully saturated rings. The molecule has 3 rings (SSSR count). The third-order valence-electron chi connectivity index (χ3n) is 4.41. The van der Waals surface area contributed by atoms with E-state index in [1.54, 1.807) is 0 Å². The highest BCUT2D eigenvalue weighted by molar-refractivity contribution is 5.93. The summed E-state index contributed by atoms with van der Waals surface area (Å²) in [6.07, 6.45) is 2.71. The van der Waals surface area contributed by atoms with Crippen LogP contribution in [0.5, 0.6) is 0 Å². The Kier molecular flexibility index (Phi) is 4.22. The lowest BCUT2D eigenvalue weighted by atomic mass is 9.99. The zero-order valence-corrected chi connectivity index (χ0v) is 12.3. The van der Waals surface area contributed by atoms with E-state index >= 15 is 0 Å². The van der Waals surface area contributed by atoms with Gasteiger partial charge in [0.05, 0.1) is 0 Å². The number of hydrogen-bond acceptors (Lipinski definition) is 2. The fourth-order valence-corrected chi connectivity index (χ4v) is 3.01. The lowest BCUT2D eigenvalue weighted by Crippen LogP contribution is -2.36. The second-order valence-electron chi connectivity index (χ2n) is 5.98. The van der Waals surface area contributed by atoms with Crippen molar-refractivity contribution in [3.63, 3.8) is 0 Å². The SMILES string of the molecule is CC1CCN(CCNc2cccc3ccccc23)CC1. The van der Waals surface area contributed by atoms with Crippen LogP contribution in [0.3, 0.4) is 0 Å². The van der Waals surface area contributed by atoms with Crippen LogP contribution in [-0.2, 0) is 0 Å². The third kappa shape index (κ3) is 3.13. The summed E-state index contributed by atoms with van der Waals surface area (Å²) < 4.78 is 0. The molecule has 2 nitrogen and oxygen atoms in total. The van der Waals surface area contributed by atoms with E-state index in [0.29, 0.717) is 0 Å². The van der Waals surface area contributed by atoms with E-state index in [0.717, 1.165) is 19.0 Å². The van der Waals surface area contributed by atoms with Gasteiger partial charge in [0.2, 0.25) is 0 Å². The number of hydrogen-bond donors (Lipinski definition) is 1. The van der Waals surface area contributed by atoms with Crippen molar-refractivity contribution in [3.05, 3.63) is 42.5 Å². The molecule has 0 aromatic heterocycles. The van der Waals surface area contributed by atoms with Gasteiger partial charge in [0, 0.05) is 24.2 Å². The predicted molar refractivity (Wildman–Crippen MR) is 87.3 cm³/mol. The molecule has 106 valence electrons. The summed E-state index contributed by atoms with van der Waals surface area (Å²) in [7, 11) is 0. The summed E-state index contributed by atoms with van der Waals surface area (Å²) in [6, 6.07) is 15.1. The Bertz CT molecular complexity index is 551. The third-order valence-corrected chi connectivity index (χ3v) is 4.41. The fraction of sp³-hybridized carbons (Fsp3) is 0.444. The van der Waals surface area contributed by atoms with E-state index in [4.69, 9.17) is 0 Å². The van der Waals surface area contributed by atoms with Crippen LogP contribution in [0.1, 0.15) is 19.8 Å². The van der Waals surface area contributed by atoms with Crippen LogP contribution in [0, 0.1) is 5.92 Å². The molecule has 20 heavy (non-hydrogen) atoms. The number of nitrogens with one attached hydrogen (secondary N) is 1. The Balaban J connectivity index is 1.57. The molecule has 0 saturated carbocycles. The normalized spacial score (nSPS) is 17.4. The molecular weight excluding hydrogens is 244 g/mol.